The Morgan fingerprint density at radius 3 is 2.94 bits per heavy atom. The fourth-order valence-electron chi connectivity index (χ4n) is 2.18. The Labute approximate surface area is 103 Å². The molecule has 1 atom stereocenters. The second-order valence-corrected chi connectivity index (χ2v) is 4.29. The summed E-state index contributed by atoms with van der Waals surface area (Å²) in [5.41, 5.74) is 1.61. The molecule has 0 radical (unpaired) electrons. The van der Waals surface area contributed by atoms with E-state index in [2.05, 4.69) is 0 Å². The van der Waals surface area contributed by atoms with Gasteiger partial charge < -0.3 is 4.90 Å². The zero-order chi connectivity index (χ0) is 12.6. The fraction of sp³-hybridized carbons (Fsp3) is 0.364. The summed E-state index contributed by atoms with van der Waals surface area (Å²) in [6.07, 6.45) is 0.625. The van der Waals surface area contributed by atoms with Gasteiger partial charge in [0.25, 0.3) is 5.69 Å². The minimum Gasteiger partial charge on any atom is -0.308 e. The van der Waals surface area contributed by atoms with E-state index < -0.39 is 4.92 Å². The van der Waals surface area contributed by atoms with Gasteiger partial charge in [0.05, 0.1) is 4.92 Å². The lowest BCUT2D eigenvalue weighted by molar-refractivity contribution is -0.384. The zero-order valence-electron chi connectivity index (χ0n) is 9.22. The molecule has 2 rings (SSSR count). The number of nitrogens with zero attached hydrogens (tertiary/aromatic N) is 2. The molecule has 0 unspecified atom stereocenters. The molecule has 1 aromatic rings. The molecule has 1 amide bonds. The summed E-state index contributed by atoms with van der Waals surface area (Å²) < 4.78 is 0. The van der Waals surface area contributed by atoms with Gasteiger partial charge in [-0.2, -0.15) is 0 Å². The summed E-state index contributed by atoms with van der Waals surface area (Å²) in [7, 11) is 0. The first-order valence-electron chi connectivity index (χ1n) is 5.20. The van der Waals surface area contributed by atoms with E-state index in [0.29, 0.717) is 6.42 Å². The van der Waals surface area contributed by atoms with Crippen LogP contribution in [0.15, 0.2) is 18.2 Å². The molecule has 0 aliphatic carbocycles. The number of anilines is 1. The van der Waals surface area contributed by atoms with E-state index in [1.807, 2.05) is 6.92 Å². The number of hydrogen-bond acceptors (Lipinski definition) is 3. The lowest BCUT2D eigenvalue weighted by Crippen LogP contribution is -2.36. The van der Waals surface area contributed by atoms with Crippen molar-refractivity contribution < 1.29 is 9.72 Å². The van der Waals surface area contributed by atoms with Crippen LogP contribution in [-0.4, -0.2) is 22.8 Å². The van der Waals surface area contributed by atoms with E-state index in [9.17, 15) is 14.9 Å². The quantitative estimate of drug-likeness (QED) is 0.461. The maximum atomic E-state index is 11.7. The van der Waals surface area contributed by atoms with Gasteiger partial charge in [0.15, 0.2) is 0 Å². The molecule has 0 saturated heterocycles. The average molecular weight is 255 g/mol. The Morgan fingerprint density at radius 2 is 2.35 bits per heavy atom. The van der Waals surface area contributed by atoms with Gasteiger partial charge in [-0.05, 0) is 25.0 Å². The molecule has 1 heterocycles. The maximum absolute atomic E-state index is 11.7. The number of rotatable bonds is 2. The first kappa shape index (κ1) is 11.9. The van der Waals surface area contributed by atoms with Crippen LogP contribution in [0.3, 0.4) is 0 Å². The molecule has 1 aliphatic rings. The molecule has 0 fully saturated rings. The Hall–Kier alpha value is -1.62. The van der Waals surface area contributed by atoms with Gasteiger partial charge in [-0.1, -0.05) is 0 Å². The smallest absolute Gasteiger partial charge is 0.269 e. The summed E-state index contributed by atoms with van der Waals surface area (Å²) in [6, 6.07) is 4.54. The van der Waals surface area contributed by atoms with E-state index in [0.717, 1.165) is 11.3 Å². The van der Waals surface area contributed by atoms with Crippen LogP contribution in [0.4, 0.5) is 11.4 Å². The van der Waals surface area contributed by atoms with Crippen LogP contribution in [0.2, 0.25) is 0 Å². The minimum atomic E-state index is -0.434. The molecular formula is C11H11ClN2O3. The third-order valence-electron chi connectivity index (χ3n) is 2.87. The van der Waals surface area contributed by atoms with E-state index in [4.69, 9.17) is 11.6 Å². The number of nitro groups is 1. The normalized spacial score (nSPS) is 18.0. The lowest BCUT2D eigenvalue weighted by atomic mass is 10.1. The topological polar surface area (TPSA) is 63.5 Å². The van der Waals surface area contributed by atoms with E-state index in [-0.39, 0.29) is 23.5 Å². The average Bonchev–Trinajstić information content (AvgIpc) is 2.62. The molecule has 0 bridgehead atoms. The number of benzene rings is 1. The predicted octanol–water partition coefficient (Wildman–Crippen LogP) is 2.11. The van der Waals surface area contributed by atoms with Crippen LogP contribution in [0.5, 0.6) is 0 Å². The number of fused-ring (bicyclic) bond motifs is 1. The molecule has 1 aliphatic heterocycles. The first-order chi connectivity index (χ1) is 8.04. The molecule has 6 heteroatoms. The summed E-state index contributed by atoms with van der Waals surface area (Å²) in [6.45, 7) is 1.90. The van der Waals surface area contributed by atoms with Crippen LogP contribution >= 0.6 is 11.6 Å². The van der Waals surface area contributed by atoms with Gasteiger partial charge in [0, 0.05) is 23.9 Å². The summed E-state index contributed by atoms with van der Waals surface area (Å²) in [5.74, 6) is -0.257. The number of halogens is 1. The molecule has 90 valence electrons. The highest BCUT2D eigenvalue weighted by molar-refractivity contribution is 6.29. The third kappa shape index (κ3) is 1.98. The highest BCUT2D eigenvalue weighted by Crippen LogP contribution is 2.34. The summed E-state index contributed by atoms with van der Waals surface area (Å²) >= 11 is 5.55. The highest BCUT2D eigenvalue weighted by Gasteiger charge is 2.31. The van der Waals surface area contributed by atoms with Crippen molar-refractivity contribution in [2.45, 2.75) is 19.4 Å². The number of alkyl halides is 1. The molecule has 1 aromatic carbocycles. The van der Waals surface area contributed by atoms with Crippen LogP contribution < -0.4 is 4.90 Å². The van der Waals surface area contributed by atoms with Gasteiger partial charge in [-0.3, -0.25) is 14.9 Å². The maximum Gasteiger partial charge on any atom is 0.269 e. The monoisotopic (exact) mass is 254 g/mol. The second-order valence-electron chi connectivity index (χ2n) is 4.02. The Balaban J connectivity index is 2.42. The van der Waals surface area contributed by atoms with Crippen molar-refractivity contribution in [3.63, 3.8) is 0 Å². The number of non-ortho nitro benzene ring substituents is 1. The van der Waals surface area contributed by atoms with Crippen molar-refractivity contribution in [2.75, 3.05) is 10.8 Å². The Kier molecular flexibility index (Phi) is 3.02. The molecule has 0 spiro atoms. The first-order valence-corrected chi connectivity index (χ1v) is 5.73. The second kappa shape index (κ2) is 4.33. The zero-order valence-corrected chi connectivity index (χ0v) is 9.98. The van der Waals surface area contributed by atoms with Crippen LogP contribution in [0.25, 0.3) is 0 Å². The molecule has 0 aromatic heterocycles. The SMILES string of the molecule is C[C@@H]1Cc2cc([N+](=O)[O-])ccc2N1C(=O)CCl. The van der Waals surface area contributed by atoms with Crippen molar-refractivity contribution >= 4 is 28.9 Å². The highest BCUT2D eigenvalue weighted by atomic mass is 35.5. The molecule has 17 heavy (non-hydrogen) atoms. The predicted molar refractivity (Wildman–Crippen MR) is 64.5 cm³/mol. The van der Waals surface area contributed by atoms with Crippen molar-refractivity contribution in [1.82, 2.24) is 0 Å². The van der Waals surface area contributed by atoms with Gasteiger partial charge in [-0.15, -0.1) is 11.6 Å². The molecule has 5 nitrogen and oxygen atoms in total. The van der Waals surface area contributed by atoms with Crippen LogP contribution in [0, 0.1) is 10.1 Å². The van der Waals surface area contributed by atoms with Gasteiger partial charge >= 0.3 is 0 Å². The lowest BCUT2D eigenvalue weighted by Gasteiger charge is -2.21. The summed E-state index contributed by atoms with van der Waals surface area (Å²) in [4.78, 5) is 23.5. The van der Waals surface area contributed by atoms with E-state index in [1.54, 1.807) is 11.0 Å². The van der Waals surface area contributed by atoms with Gasteiger partial charge in [0.2, 0.25) is 5.91 Å². The third-order valence-corrected chi connectivity index (χ3v) is 3.10. The van der Waals surface area contributed by atoms with Crippen molar-refractivity contribution in [3.05, 3.63) is 33.9 Å². The summed E-state index contributed by atoms with van der Waals surface area (Å²) in [5, 5.41) is 10.7. The number of carbonyl (C=O) groups is 1. The fourth-order valence-corrected chi connectivity index (χ4v) is 2.30. The van der Waals surface area contributed by atoms with Crippen LogP contribution in [-0.2, 0) is 11.2 Å². The number of hydrogen-bond donors (Lipinski definition) is 0. The van der Waals surface area contributed by atoms with Crippen molar-refractivity contribution in [3.8, 4) is 0 Å². The minimum absolute atomic E-state index is 0.00162. The number of amides is 1. The standard InChI is InChI=1S/C11H11ClN2O3/c1-7-4-8-5-9(14(16)17)2-3-10(8)13(7)11(15)6-12/h2-3,5,7H,4,6H2,1H3/t7-/m1/s1. The largest absolute Gasteiger partial charge is 0.308 e. The molecular weight excluding hydrogens is 244 g/mol. The number of nitro benzene ring substituents is 1. The van der Waals surface area contributed by atoms with Crippen LogP contribution in [0.1, 0.15) is 12.5 Å². The number of carbonyl (C=O) groups excluding carboxylic acids is 1. The Bertz CT molecular complexity index is 490. The van der Waals surface area contributed by atoms with E-state index >= 15 is 0 Å². The molecule has 0 N–H and O–H groups in total. The van der Waals surface area contributed by atoms with Gasteiger partial charge in [0.1, 0.15) is 5.88 Å². The van der Waals surface area contributed by atoms with Gasteiger partial charge in [-0.25, -0.2) is 0 Å². The Morgan fingerprint density at radius 1 is 1.65 bits per heavy atom. The van der Waals surface area contributed by atoms with E-state index in [1.165, 1.54) is 12.1 Å². The van der Waals surface area contributed by atoms with Crippen molar-refractivity contribution in [2.24, 2.45) is 0 Å². The molecule has 0 saturated carbocycles. The van der Waals surface area contributed by atoms with Crippen molar-refractivity contribution in [1.29, 1.82) is 0 Å².